The fourth-order valence-corrected chi connectivity index (χ4v) is 3.29. The zero-order valence-electron chi connectivity index (χ0n) is 13.2. The van der Waals surface area contributed by atoms with Crippen molar-refractivity contribution in [2.45, 2.75) is 25.4 Å². The van der Waals surface area contributed by atoms with Crippen LogP contribution in [0.3, 0.4) is 0 Å². The molecule has 1 amide bonds. The van der Waals surface area contributed by atoms with E-state index in [4.69, 9.17) is 9.47 Å². The summed E-state index contributed by atoms with van der Waals surface area (Å²) in [5, 5.41) is 0. The molecule has 8 heteroatoms. The van der Waals surface area contributed by atoms with Crippen LogP contribution in [-0.4, -0.2) is 66.8 Å². The van der Waals surface area contributed by atoms with Crippen molar-refractivity contribution in [3.8, 4) is 5.88 Å². The number of halogens is 1. The van der Waals surface area contributed by atoms with Crippen LogP contribution in [0.15, 0.2) is 10.7 Å². The highest BCUT2D eigenvalue weighted by molar-refractivity contribution is 9.10. The van der Waals surface area contributed by atoms with Crippen molar-refractivity contribution in [1.29, 1.82) is 0 Å². The molecule has 23 heavy (non-hydrogen) atoms. The topological polar surface area (TPSA) is 67.8 Å². The molecule has 0 aliphatic carbocycles. The fraction of sp³-hybridized carbons (Fsp3) is 0.667. The van der Waals surface area contributed by atoms with E-state index in [0.717, 1.165) is 25.9 Å². The highest BCUT2D eigenvalue weighted by Gasteiger charge is 2.32. The van der Waals surface area contributed by atoms with Gasteiger partial charge in [-0.05, 0) is 35.2 Å². The summed E-state index contributed by atoms with van der Waals surface area (Å²) >= 11 is 3.35. The van der Waals surface area contributed by atoms with Crippen molar-refractivity contribution >= 4 is 27.8 Å². The van der Waals surface area contributed by atoms with E-state index in [9.17, 15) is 4.79 Å². The second-order valence-electron chi connectivity index (χ2n) is 5.72. The molecular weight excluding hydrogens is 364 g/mol. The summed E-state index contributed by atoms with van der Waals surface area (Å²) < 4.78 is 11.6. The Kier molecular flexibility index (Phi) is 5.32. The van der Waals surface area contributed by atoms with Crippen LogP contribution in [0.5, 0.6) is 5.88 Å². The molecule has 126 valence electrons. The quantitative estimate of drug-likeness (QED) is 0.785. The van der Waals surface area contributed by atoms with Crippen molar-refractivity contribution < 1.29 is 14.3 Å². The zero-order chi connectivity index (χ0) is 16.2. The molecule has 1 unspecified atom stereocenters. The Morgan fingerprint density at radius 3 is 2.87 bits per heavy atom. The Hall–Kier alpha value is -1.41. The summed E-state index contributed by atoms with van der Waals surface area (Å²) in [5.74, 6) is 1.13. The molecule has 7 nitrogen and oxygen atoms in total. The number of carbonyl (C=O) groups excluding carboxylic acids is 1. The number of piperidine rings is 1. The van der Waals surface area contributed by atoms with Crippen molar-refractivity contribution in [3.05, 3.63) is 10.7 Å². The lowest BCUT2D eigenvalue weighted by molar-refractivity contribution is -0.145. The maximum absolute atomic E-state index is 12.6. The number of anilines is 1. The monoisotopic (exact) mass is 384 g/mol. The van der Waals surface area contributed by atoms with Crippen LogP contribution in [0.25, 0.3) is 0 Å². The van der Waals surface area contributed by atoms with Gasteiger partial charge >= 0.3 is 0 Å². The maximum Gasteiger partial charge on any atom is 0.253 e. The van der Waals surface area contributed by atoms with Crippen LogP contribution in [-0.2, 0) is 9.53 Å². The van der Waals surface area contributed by atoms with Crippen molar-refractivity contribution in [1.82, 2.24) is 14.9 Å². The number of likely N-dealkylation sites (tertiary alicyclic amines) is 1. The Bertz CT molecular complexity index is 566. The first kappa shape index (κ1) is 16.4. The minimum absolute atomic E-state index is 0.0819. The molecular formula is C15H21BrN4O3. The molecule has 1 aromatic rings. The second kappa shape index (κ2) is 7.44. The standard InChI is InChI=1S/C15H21BrN4O3/c1-22-13-11(16)9-17-15(18-13)20-7-8-23-12(10-20)14(21)19-5-3-2-4-6-19/h9,12H,2-8,10H2,1H3. The van der Waals surface area contributed by atoms with E-state index < -0.39 is 6.10 Å². The van der Waals surface area contributed by atoms with Gasteiger partial charge in [-0.3, -0.25) is 4.79 Å². The molecule has 2 fully saturated rings. The average molecular weight is 385 g/mol. The van der Waals surface area contributed by atoms with Crippen LogP contribution in [0, 0.1) is 0 Å². The van der Waals surface area contributed by atoms with E-state index in [0.29, 0.717) is 36.0 Å². The van der Waals surface area contributed by atoms with Crippen LogP contribution in [0.2, 0.25) is 0 Å². The third-order valence-corrected chi connectivity index (χ3v) is 4.73. The average Bonchev–Trinajstić information content (AvgIpc) is 2.62. The molecule has 0 bridgehead atoms. The van der Waals surface area contributed by atoms with E-state index in [2.05, 4.69) is 25.9 Å². The molecule has 3 rings (SSSR count). The third-order valence-electron chi connectivity index (χ3n) is 4.19. The normalized spacial score (nSPS) is 22.1. The SMILES string of the molecule is COc1nc(N2CCOC(C(=O)N3CCCCC3)C2)ncc1Br. The minimum Gasteiger partial charge on any atom is -0.480 e. The van der Waals surface area contributed by atoms with Crippen LogP contribution in [0.1, 0.15) is 19.3 Å². The predicted octanol–water partition coefficient (Wildman–Crippen LogP) is 1.47. The van der Waals surface area contributed by atoms with E-state index in [-0.39, 0.29) is 5.91 Å². The van der Waals surface area contributed by atoms with E-state index >= 15 is 0 Å². The van der Waals surface area contributed by atoms with Gasteiger partial charge in [-0.1, -0.05) is 0 Å². The largest absolute Gasteiger partial charge is 0.480 e. The number of hydrogen-bond donors (Lipinski definition) is 0. The summed E-state index contributed by atoms with van der Waals surface area (Å²) in [4.78, 5) is 25.2. The maximum atomic E-state index is 12.6. The van der Waals surface area contributed by atoms with Gasteiger partial charge in [0.05, 0.1) is 30.9 Å². The van der Waals surface area contributed by atoms with Crippen molar-refractivity contribution in [3.63, 3.8) is 0 Å². The first-order chi connectivity index (χ1) is 11.2. The number of ether oxygens (including phenoxy) is 2. The molecule has 1 atom stereocenters. The number of rotatable bonds is 3. The van der Waals surface area contributed by atoms with Gasteiger partial charge in [-0.15, -0.1) is 0 Å². The molecule has 0 radical (unpaired) electrons. The van der Waals surface area contributed by atoms with Gasteiger partial charge < -0.3 is 19.3 Å². The van der Waals surface area contributed by atoms with E-state index in [1.165, 1.54) is 6.42 Å². The Balaban J connectivity index is 1.69. The molecule has 0 spiro atoms. The molecule has 2 saturated heterocycles. The first-order valence-electron chi connectivity index (χ1n) is 7.91. The lowest BCUT2D eigenvalue weighted by Crippen LogP contribution is -2.52. The van der Waals surface area contributed by atoms with Crippen LogP contribution < -0.4 is 9.64 Å². The number of methoxy groups -OCH3 is 1. The second-order valence-corrected chi connectivity index (χ2v) is 6.57. The number of amides is 1. The van der Waals surface area contributed by atoms with Gasteiger partial charge in [0, 0.05) is 19.6 Å². The number of aromatic nitrogens is 2. The molecule has 3 heterocycles. The number of morpholine rings is 1. The third kappa shape index (κ3) is 3.74. The molecule has 0 saturated carbocycles. The van der Waals surface area contributed by atoms with Crippen LogP contribution in [0.4, 0.5) is 5.95 Å². The molecule has 0 aromatic carbocycles. The summed E-state index contributed by atoms with van der Waals surface area (Å²) in [7, 11) is 1.57. The summed E-state index contributed by atoms with van der Waals surface area (Å²) in [5.41, 5.74) is 0. The lowest BCUT2D eigenvalue weighted by atomic mass is 10.1. The van der Waals surface area contributed by atoms with Gasteiger partial charge in [0.15, 0.2) is 6.10 Å². The Morgan fingerprint density at radius 1 is 1.35 bits per heavy atom. The van der Waals surface area contributed by atoms with Gasteiger partial charge in [-0.25, -0.2) is 4.98 Å². The predicted molar refractivity (Wildman–Crippen MR) is 88.7 cm³/mol. The highest BCUT2D eigenvalue weighted by atomic mass is 79.9. The number of hydrogen-bond acceptors (Lipinski definition) is 6. The van der Waals surface area contributed by atoms with Gasteiger partial charge in [0.25, 0.3) is 5.91 Å². The zero-order valence-corrected chi connectivity index (χ0v) is 14.8. The number of carbonyl (C=O) groups is 1. The smallest absolute Gasteiger partial charge is 0.253 e. The van der Waals surface area contributed by atoms with Gasteiger partial charge in [0.1, 0.15) is 0 Å². The summed E-state index contributed by atoms with van der Waals surface area (Å²) in [6.45, 7) is 3.29. The first-order valence-corrected chi connectivity index (χ1v) is 8.70. The molecule has 0 N–H and O–H groups in total. The Labute approximate surface area is 144 Å². The van der Waals surface area contributed by atoms with E-state index in [1.807, 2.05) is 9.80 Å². The van der Waals surface area contributed by atoms with Crippen LogP contribution >= 0.6 is 15.9 Å². The summed E-state index contributed by atoms with van der Waals surface area (Å²) in [6, 6.07) is 0. The Morgan fingerprint density at radius 2 is 2.13 bits per heavy atom. The number of nitrogens with zero attached hydrogens (tertiary/aromatic N) is 4. The van der Waals surface area contributed by atoms with Gasteiger partial charge in [0.2, 0.25) is 11.8 Å². The van der Waals surface area contributed by atoms with E-state index in [1.54, 1.807) is 13.3 Å². The minimum atomic E-state index is -0.444. The summed E-state index contributed by atoms with van der Waals surface area (Å²) in [6.07, 6.45) is 4.58. The highest BCUT2D eigenvalue weighted by Crippen LogP contribution is 2.24. The molecule has 1 aromatic heterocycles. The fourth-order valence-electron chi connectivity index (χ4n) is 2.94. The van der Waals surface area contributed by atoms with Crippen molar-refractivity contribution in [2.24, 2.45) is 0 Å². The van der Waals surface area contributed by atoms with Gasteiger partial charge in [-0.2, -0.15) is 4.98 Å². The molecule has 2 aliphatic heterocycles. The van der Waals surface area contributed by atoms with Crippen molar-refractivity contribution in [2.75, 3.05) is 44.8 Å². The lowest BCUT2D eigenvalue weighted by Gasteiger charge is -2.36. The molecule has 2 aliphatic rings.